The highest BCUT2D eigenvalue weighted by Crippen LogP contribution is 2.14. The molecule has 3 aromatic rings. The van der Waals surface area contributed by atoms with Crippen molar-refractivity contribution in [3.05, 3.63) is 95.6 Å². The average molecular weight is 399 g/mol. The second-order valence-electron chi connectivity index (χ2n) is 6.47. The number of hydrazone groups is 1. The van der Waals surface area contributed by atoms with Crippen molar-refractivity contribution in [2.45, 2.75) is 19.6 Å². The van der Waals surface area contributed by atoms with Crippen LogP contribution in [0.5, 0.6) is 11.5 Å². The van der Waals surface area contributed by atoms with Crippen LogP contribution in [0.3, 0.4) is 0 Å². The monoisotopic (exact) mass is 399 g/mol. The van der Waals surface area contributed by atoms with Crippen molar-refractivity contribution in [2.24, 2.45) is 5.10 Å². The molecule has 0 fully saturated rings. The minimum atomic E-state index is -0.733. The van der Waals surface area contributed by atoms with E-state index in [1.807, 2.05) is 60.7 Å². The first-order valence-electron chi connectivity index (χ1n) is 9.40. The van der Waals surface area contributed by atoms with E-state index in [1.165, 1.54) is 0 Å². The third-order valence-electron chi connectivity index (χ3n) is 4.18. The molecule has 0 unspecified atom stereocenters. The van der Waals surface area contributed by atoms with E-state index in [0.717, 1.165) is 16.9 Å². The molecule has 150 valence electrons. The Morgan fingerprint density at radius 2 is 1.70 bits per heavy atom. The topological polar surface area (TPSA) is 83.7 Å². The second kappa shape index (κ2) is 10.4. The first kappa shape index (κ1) is 20.6. The first-order valence-corrected chi connectivity index (χ1v) is 9.40. The van der Waals surface area contributed by atoms with E-state index in [1.54, 1.807) is 37.4 Å². The predicted octanol–water partition coefficient (Wildman–Crippen LogP) is 4.05. The van der Waals surface area contributed by atoms with E-state index in [-0.39, 0.29) is 5.91 Å². The van der Waals surface area contributed by atoms with Gasteiger partial charge in [-0.15, -0.1) is 0 Å². The molecule has 0 aliphatic heterocycles. The van der Waals surface area contributed by atoms with Crippen molar-refractivity contribution < 1.29 is 14.3 Å². The Morgan fingerprint density at radius 3 is 2.37 bits per heavy atom. The molecule has 0 bridgehead atoms. The highest BCUT2D eigenvalue weighted by atomic mass is 16.5. The summed E-state index contributed by atoms with van der Waals surface area (Å²) in [6.07, 6.45) is 0.816. The number of nitrogens with one attached hydrogen (secondary N) is 1. The predicted molar refractivity (Wildman–Crippen MR) is 114 cm³/mol. The molecule has 3 rings (SSSR count). The van der Waals surface area contributed by atoms with E-state index >= 15 is 0 Å². The lowest BCUT2D eigenvalue weighted by Gasteiger charge is -2.12. The number of nitriles is 1. The number of amides is 1. The van der Waals surface area contributed by atoms with Gasteiger partial charge in [-0.3, -0.25) is 4.79 Å². The van der Waals surface area contributed by atoms with Gasteiger partial charge >= 0.3 is 0 Å². The maximum Gasteiger partial charge on any atom is 0.280 e. The van der Waals surface area contributed by atoms with Gasteiger partial charge in [0.25, 0.3) is 5.91 Å². The summed E-state index contributed by atoms with van der Waals surface area (Å²) in [5.41, 5.74) is 4.91. The molecule has 0 saturated heterocycles. The Morgan fingerprint density at radius 1 is 1.03 bits per heavy atom. The van der Waals surface area contributed by atoms with Gasteiger partial charge < -0.3 is 9.47 Å². The van der Waals surface area contributed by atoms with Crippen molar-refractivity contribution in [3.63, 3.8) is 0 Å². The minimum absolute atomic E-state index is 0.376. The van der Waals surface area contributed by atoms with Gasteiger partial charge in [0.1, 0.15) is 18.1 Å². The normalized spacial score (nSPS) is 11.5. The molecule has 30 heavy (non-hydrogen) atoms. The van der Waals surface area contributed by atoms with Gasteiger partial charge in [0.2, 0.25) is 0 Å². The molecule has 1 atom stereocenters. The van der Waals surface area contributed by atoms with Gasteiger partial charge in [0.15, 0.2) is 6.10 Å². The summed E-state index contributed by atoms with van der Waals surface area (Å²) in [6, 6.07) is 25.9. The maximum absolute atomic E-state index is 12.1. The summed E-state index contributed by atoms with van der Waals surface area (Å²) in [5.74, 6) is 0.884. The fourth-order valence-electron chi connectivity index (χ4n) is 2.52. The Balaban J connectivity index is 1.45. The zero-order valence-corrected chi connectivity index (χ0v) is 16.5. The first-order chi connectivity index (χ1) is 14.6. The van der Waals surface area contributed by atoms with Crippen molar-refractivity contribution in [2.75, 3.05) is 0 Å². The van der Waals surface area contributed by atoms with Crippen LogP contribution in [0.1, 0.15) is 23.6 Å². The maximum atomic E-state index is 12.1. The molecular weight excluding hydrogens is 378 g/mol. The number of nitrogens with zero attached hydrogens (tertiary/aromatic N) is 2. The third-order valence-corrected chi connectivity index (χ3v) is 4.18. The minimum Gasteiger partial charge on any atom is -0.489 e. The number of rotatable bonds is 8. The standard InChI is InChI=1S/C24H21N3O3/c1-18(30-23-13-7-19(15-25)8-14-23)24(28)27-26-16-20-9-11-22(12-10-20)29-17-21-5-3-2-4-6-21/h2-14,16,18H,17H2,1H3,(H,27,28)/b26-16-/t18-/m0/s1. The van der Waals surface area contributed by atoms with Gasteiger partial charge in [-0.1, -0.05) is 30.3 Å². The van der Waals surface area contributed by atoms with Crippen LogP contribution < -0.4 is 14.9 Å². The fraction of sp³-hybridized carbons (Fsp3) is 0.125. The van der Waals surface area contributed by atoms with Crippen molar-refractivity contribution in [1.82, 2.24) is 5.43 Å². The van der Waals surface area contributed by atoms with Crippen molar-refractivity contribution >= 4 is 12.1 Å². The Kier molecular flexibility index (Phi) is 7.17. The summed E-state index contributed by atoms with van der Waals surface area (Å²) in [4.78, 5) is 12.1. The molecule has 1 N–H and O–H groups in total. The summed E-state index contributed by atoms with van der Waals surface area (Å²) in [6.45, 7) is 2.13. The molecule has 0 spiro atoms. The molecule has 1 amide bonds. The largest absolute Gasteiger partial charge is 0.489 e. The summed E-state index contributed by atoms with van der Waals surface area (Å²) in [5, 5.41) is 12.8. The Labute approximate surface area is 175 Å². The fourth-order valence-corrected chi connectivity index (χ4v) is 2.52. The van der Waals surface area contributed by atoms with Gasteiger partial charge in [0.05, 0.1) is 17.8 Å². The highest BCUT2D eigenvalue weighted by molar-refractivity contribution is 5.84. The highest BCUT2D eigenvalue weighted by Gasteiger charge is 2.13. The lowest BCUT2D eigenvalue weighted by Crippen LogP contribution is -2.33. The number of carbonyl (C=O) groups is 1. The van der Waals surface area contributed by atoms with E-state index in [4.69, 9.17) is 14.7 Å². The number of hydrogen-bond acceptors (Lipinski definition) is 5. The molecule has 3 aromatic carbocycles. The van der Waals surface area contributed by atoms with E-state index in [9.17, 15) is 4.79 Å². The van der Waals surface area contributed by atoms with Crippen LogP contribution in [0.2, 0.25) is 0 Å². The molecule has 0 aliphatic carbocycles. The zero-order chi connectivity index (χ0) is 21.2. The number of hydrogen-bond donors (Lipinski definition) is 1. The van der Waals surface area contributed by atoms with Crippen LogP contribution in [0, 0.1) is 11.3 Å². The summed E-state index contributed by atoms with van der Waals surface area (Å²) < 4.78 is 11.3. The van der Waals surface area contributed by atoms with Gasteiger partial charge in [-0.2, -0.15) is 10.4 Å². The number of benzene rings is 3. The number of carbonyl (C=O) groups excluding carboxylic acids is 1. The molecule has 0 aliphatic rings. The zero-order valence-electron chi connectivity index (χ0n) is 16.5. The van der Waals surface area contributed by atoms with Crippen LogP contribution >= 0.6 is 0 Å². The third kappa shape index (κ3) is 6.21. The van der Waals surface area contributed by atoms with Crippen LogP contribution in [-0.2, 0) is 11.4 Å². The molecule has 0 aromatic heterocycles. The number of ether oxygens (including phenoxy) is 2. The van der Waals surface area contributed by atoms with E-state index in [0.29, 0.717) is 17.9 Å². The SMILES string of the molecule is C[C@H](Oc1ccc(C#N)cc1)C(=O)N/N=C\c1ccc(OCc2ccccc2)cc1. The van der Waals surface area contributed by atoms with E-state index in [2.05, 4.69) is 10.5 Å². The lowest BCUT2D eigenvalue weighted by molar-refractivity contribution is -0.127. The molecule has 0 saturated carbocycles. The Hall–Kier alpha value is -4.11. The lowest BCUT2D eigenvalue weighted by atomic mass is 10.2. The quantitative estimate of drug-likeness (QED) is 0.457. The van der Waals surface area contributed by atoms with Crippen LogP contribution in [0.25, 0.3) is 0 Å². The second-order valence-corrected chi connectivity index (χ2v) is 6.47. The van der Waals surface area contributed by atoms with Crippen LogP contribution in [0.15, 0.2) is 84.0 Å². The summed E-state index contributed by atoms with van der Waals surface area (Å²) >= 11 is 0. The van der Waals surface area contributed by atoms with Crippen molar-refractivity contribution in [3.8, 4) is 17.6 Å². The summed E-state index contributed by atoms with van der Waals surface area (Å²) in [7, 11) is 0. The average Bonchev–Trinajstić information content (AvgIpc) is 2.79. The molecular formula is C24H21N3O3. The van der Waals surface area contributed by atoms with Gasteiger partial charge in [-0.25, -0.2) is 5.43 Å². The van der Waals surface area contributed by atoms with Crippen LogP contribution in [-0.4, -0.2) is 18.2 Å². The molecule has 0 heterocycles. The van der Waals surface area contributed by atoms with Gasteiger partial charge in [0, 0.05) is 0 Å². The van der Waals surface area contributed by atoms with Crippen LogP contribution in [0.4, 0.5) is 0 Å². The van der Waals surface area contributed by atoms with Crippen molar-refractivity contribution in [1.29, 1.82) is 5.26 Å². The Bertz CT molecular complexity index is 1020. The molecule has 0 radical (unpaired) electrons. The smallest absolute Gasteiger partial charge is 0.280 e. The van der Waals surface area contributed by atoms with Gasteiger partial charge in [-0.05, 0) is 66.6 Å². The van der Waals surface area contributed by atoms with E-state index < -0.39 is 6.10 Å². The molecule has 6 heteroatoms. The molecule has 6 nitrogen and oxygen atoms in total.